The Kier molecular flexibility index (Phi) is 3.06. The predicted molar refractivity (Wildman–Crippen MR) is 85.4 cm³/mol. The number of hydrogen-bond acceptors (Lipinski definition) is 1. The maximum absolute atomic E-state index is 11.0. The summed E-state index contributed by atoms with van der Waals surface area (Å²) in [5.41, 5.74) is 4.89. The van der Waals surface area contributed by atoms with Gasteiger partial charge in [0, 0.05) is 6.42 Å². The Morgan fingerprint density at radius 2 is 1.45 bits per heavy atom. The van der Waals surface area contributed by atoms with E-state index in [4.69, 9.17) is 0 Å². The SMILES string of the molecule is Cc1cc(C)c2c(ccc3cc(C)cc(CC=O)c32)c1. The fourth-order valence-corrected chi connectivity index (χ4v) is 3.23. The minimum absolute atomic E-state index is 0.477. The number of carbonyl (C=O) groups is 1. The molecule has 0 bridgehead atoms. The lowest BCUT2D eigenvalue weighted by molar-refractivity contribution is -0.107. The minimum atomic E-state index is 0.477. The van der Waals surface area contributed by atoms with E-state index >= 15 is 0 Å². The molecule has 0 spiro atoms. The molecule has 0 fully saturated rings. The summed E-state index contributed by atoms with van der Waals surface area (Å²) in [5, 5.41) is 5.00. The van der Waals surface area contributed by atoms with Crippen LogP contribution < -0.4 is 0 Å². The Morgan fingerprint density at radius 1 is 0.850 bits per heavy atom. The summed E-state index contributed by atoms with van der Waals surface area (Å²) < 4.78 is 0. The van der Waals surface area contributed by atoms with Gasteiger partial charge in [-0.2, -0.15) is 0 Å². The van der Waals surface area contributed by atoms with Gasteiger partial charge in [-0.1, -0.05) is 47.5 Å². The van der Waals surface area contributed by atoms with Crippen LogP contribution in [-0.2, 0) is 11.2 Å². The molecule has 0 aliphatic rings. The summed E-state index contributed by atoms with van der Waals surface area (Å²) in [7, 11) is 0. The van der Waals surface area contributed by atoms with Crippen LogP contribution in [0.5, 0.6) is 0 Å². The van der Waals surface area contributed by atoms with Gasteiger partial charge >= 0.3 is 0 Å². The van der Waals surface area contributed by atoms with Crippen LogP contribution in [0.3, 0.4) is 0 Å². The quantitative estimate of drug-likeness (QED) is 0.485. The van der Waals surface area contributed by atoms with Gasteiger partial charge < -0.3 is 4.79 Å². The maximum atomic E-state index is 11.0. The van der Waals surface area contributed by atoms with Crippen LogP contribution in [-0.4, -0.2) is 6.29 Å². The Balaban J connectivity index is 2.54. The van der Waals surface area contributed by atoms with Crippen molar-refractivity contribution in [2.45, 2.75) is 27.2 Å². The molecule has 3 aromatic rings. The van der Waals surface area contributed by atoms with Gasteiger partial charge in [0.25, 0.3) is 0 Å². The van der Waals surface area contributed by atoms with Gasteiger partial charge in [0.05, 0.1) is 0 Å². The van der Waals surface area contributed by atoms with Crippen LogP contribution in [0.1, 0.15) is 22.3 Å². The molecule has 1 nitrogen and oxygen atoms in total. The van der Waals surface area contributed by atoms with Crippen LogP contribution in [0.25, 0.3) is 21.5 Å². The lowest BCUT2D eigenvalue weighted by atomic mass is 9.91. The first kappa shape index (κ1) is 12.9. The van der Waals surface area contributed by atoms with E-state index in [9.17, 15) is 4.79 Å². The number of carbonyl (C=O) groups excluding carboxylic acids is 1. The monoisotopic (exact) mass is 262 g/mol. The van der Waals surface area contributed by atoms with Crippen molar-refractivity contribution < 1.29 is 4.79 Å². The van der Waals surface area contributed by atoms with Crippen LogP contribution in [0.2, 0.25) is 0 Å². The highest BCUT2D eigenvalue weighted by atomic mass is 16.1. The second-order valence-corrected chi connectivity index (χ2v) is 5.64. The molecule has 0 saturated carbocycles. The molecule has 0 atom stereocenters. The Bertz CT molecular complexity index is 828. The molecular weight excluding hydrogens is 244 g/mol. The molecular formula is C19H18O. The number of benzene rings is 3. The fourth-order valence-electron chi connectivity index (χ4n) is 3.23. The molecule has 0 unspecified atom stereocenters. The standard InChI is InChI=1S/C19H18O/c1-12-8-14(3)18-15(9-12)4-5-16-10-13(2)11-17(6-7-20)19(16)18/h4-5,7-11H,6H2,1-3H3. The van der Waals surface area contributed by atoms with Crippen LogP contribution in [0.15, 0.2) is 36.4 Å². The van der Waals surface area contributed by atoms with E-state index in [0.717, 1.165) is 11.8 Å². The summed E-state index contributed by atoms with van der Waals surface area (Å²) in [6, 6.07) is 13.1. The zero-order valence-corrected chi connectivity index (χ0v) is 12.2. The van der Waals surface area contributed by atoms with E-state index in [1.807, 2.05) is 0 Å². The summed E-state index contributed by atoms with van der Waals surface area (Å²) in [4.78, 5) is 11.0. The topological polar surface area (TPSA) is 17.1 Å². The Morgan fingerprint density at radius 3 is 2.10 bits per heavy atom. The van der Waals surface area contributed by atoms with Crippen molar-refractivity contribution in [2.24, 2.45) is 0 Å². The zero-order chi connectivity index (χ0) is 14.3. The Labute approximate surface area is 119 Å². The largest absolute Gasteiger partial charge is 0.303 e. The van der Waals surface area contributed by atoms with Crippen LogP contribution >= 0.6 is 0 Å². The summed E-state index contributed by atoms with van der Waals surface area (Å²) >= 11 is 0. The minimum Gasteiger partial charge on any atom is -0.303 e. The highest BCUT2D eigenvalue weighted by Gasteiger charge is 2.09. The van der Waals surface area contributed by atoms with E-state index < -0.39 is 0 Å². The smallest absolute Gasteiger partial charge is 0.124 e. The van der Waals surface area contributed by atoms with Gasteiger partial charge in [0.1, 0.15) is 6.29 Å². The molecule has 100 valence electrons. The average molecular weight is 262 g/mol. The number of aldehydes is 1. The average Bonchev–Trinajstić information content (AvgIpc) is 2.38. The molecule has 0 amide bonds. The first-order valence-corrected chi connectivity index (χ1v) is 6.97. The number of aryl methyl sites for hydroxylation is 3. The summed E-state index contributed by atoms with van der Waals surface area (Å²) in [6.45, 7) is 6.36. The second kappa shape index (κ2) is 4.75. The highest BCUT2D eigenvalue weighted by Crippen LogP contribution is 2.32. The Hall–Kier alpha value is -2.15. The van der Waals surface area contributed by atoms with Crippen molar-refractivity contribution >= 4 is 27.8 Å². The molecule has 0 radical (unpaired) electrons. The highest BCUT2D eigenvalue weighted by molar-refractivity contribution is 6.11. The van der Waals surface area contributed by atoms with Crippen molar-refractivity contribution in [1.29, 1.82) is 0 Å². The van der Waals surface area contributed by atoms with Gasteiger partial charge in [-0.3, -0.25) is 0 Å². The molecule has 0 aliphatic carbocycles. The lowest BCUT2D eigenvalue weighted by Gasteiger charge is -2.13. The molecule has 0 aliphatic heterocycles. The number of rotatable bonds is 2. The van der Waals surface area contributed by atoms with Gasteiger partial charge in [-0.25, -0.2) is 0 Å². The third kappa shape index (κ3) is 2.00. The molecule has 3 rings (SSSR count). The molecule has 0 heterocycles. The third-order valence-corrected chi connectivity index (χ3v) is 3.90. The number of hydrogen-bond donors (Lipinski definition) is 0. The van der Waals surface area contributed by atoms with Crippen molar-refractivity contribution in [2.75, 3.05) is 0 Å². The molecule has 0 aromatic heterocycles. The summed E-state index contributed by atoms with van der Waals surface area (Å²) in [6.07, 6.45) is 1.47. The second-order valence-electron chi connectivity index (χ2n) is 5.64. The van der Waals surface area contributed by atoms with E-state index in [1.54, 1.807) is 0 Å². The summed E-state index contributed by atoms with van der Waals surface area (Å²) in [5.74, 6) is 0. The van der Waals surface area contributed by atoms with Crippen LogP contribution in [0, 0.1) is 20.8 Å². The predicted octanol–water partition coefficient (Wildman–Crippen LogP) is 4.66. The normalized spacial score (nSPS) is 11.2. The molecule has 0 N–H and O–H groups in total. The maximum Gasteiger partial charge on any atom is 0.124 e. The third-order valence-electron chi connectivity index (χ3n) is 3.90. The van der Waals surface area contributed by atoms with Crippen LogP contribution in [0.4, 0.5) is 0 Å². The molecule has 3 aromatic carbocycles. The van der Waals surface area contributed by atoms with Gasteiger partial charge in [-0.15, -0.1) is 0 Å². The van der Waals surface area contributed by atoms with E-state index in [0.29, 0.717) is 6.42 Å². The van der Waals surface area contributed by atoms with E-state index in [2.05, 4.69) is 57.2 Å². The lowest BCUT2D eigenvalue weighted by Crippen LogP contribution is -1.93. The molecule has 1 heteroatoms. The first-order valence-electron chi connectivity index (χ1n) is 6.97. The van der Waals surface area contributed by atoms with Crippen molar-refractivity contribution in [3.05, 3.63) is 58.7 Å². The number of fused-ring (bicyclic) bond motifs is 3. The van der Waals surface area contributed by atoms with Crippen molar-refractivity contribution in [3.63, 3.8) is 0 Å². The molecule has 20 heavy (non-hydrogen) atoms. The van der Waals surface area contributed by atoms with Gasteiger partial charge in [0.15, 0.2) is 0 Å². The van der Waals surface area contributed by atoms with E-state index in [1.165, 1.54) is 38.2 Å². The van der Waals surface area contributed by atoms with Gasteiger partial charge in [0.2, 0.25) is 0 Å². The van der Waals surface area contributed by atoms with Crippen molar-refractivity contribution in [3.8, 4) is 0 Å². The first-order chi connectivity index (χ1) is 9.60. The van der Waals surface area contributed by atoms with Crippen molar-refractivity contribution in [1.82, 2.24) is 0 Å². The molecule has 0 saturated heterocycles. The van der Waals surface area contributed by atoms with E-state index in [-0.39, 0.29) is 0 Å². The zero-order valence-electron chi connectivity index (χ0n) is 12.2. The van der Waals surface area contributed by atoms with Gasteiger partial charge in [-0.05, 0) is 53.4 Å². The fraction of sp³-hybridized carbons (Fsp3) is 0.211.